The van der Waals surface area contributed by atoms with Gasteiger partial charge in [-0.05, 0) is 12.2 Å². The van der Waals surface area contributed by atoms with Gasteiger partial charge >= 0.3 is 51.4 Å². The molecular formula is C4H5KNS+. The van der Waals surface area contributed by atoms with Crippen LogP contribution in [0, 0.1) is 0 Å². The molecule has 0 rings (SSSR count). The minimum Gasteiger partial charge on any atom is -0.228 e. The predicted octanol–water partition coefficient (Wildman–Crippen LogP) is -1.72. The molecule has 0 aliphatic carbocycles. The van der Waals surface area contributed by atoms with Crippen molar-refractivity contribution in [2.45, 2.75) is 0 Å². The molecule has 0 saturated carbocycles. The summed E-state index contributed by atoms with van der Waals surface area (Å²) in [6.07, 6.45) is 1.67. The number of aliphatic imine (C=N–C) groups is 1. The average molecular weight is 138 g/mol. The third kappa shape index (κ3) is 11.0. The summed E-state index contributed by atoms with van der Waals surface area (Å²) in [6, 6.07) is 0. The van der Waals surface area contributed by atoms with E-state index in [1.165, 1.54) is 0 Å². The van der Waals surface area contributed by atoms with Gasteiger partial charge in [-0.1, -0.05) is 6.08 Å². The monoisotopic (exact) mass is 138 g/mol. The zero-order valence-electron chi connectivity index (χ0n) is 4.35. The van der Waals surface area contributed by atoms with E-state index >= 15 is 0 Å². The van der Waals surface area contributed by atoms with Crippen LogP contribution in [0.3, 0.4) is 0 Å². The number of nitrogens with zero attached hydrogens (tertiary/aromatic N) is 1. The molecule has 3 heteroatoms. The Morgan fingerprint density at radius 1 is 1.86 bits per heavy atom. The Morgan fingerprint density at radius 3 is 2.57 bits per heavy atom. The van der Waals surface area contributed by atoms with Gasteiger partial charge in [0.05, 0.1) is 11.7 Å². The summed E-state index contributed by atoms with van der Waals surface area (Å²) in [7, 11) is 0. The molecule has 0 atom stereocenters. The number of hydrogen-bond acceptors (Lipinski definition) is 2. The summed E-state index contributed by atoms with van der Waals surface area (Å²) in [5.74, 6) is 0. The smallest absolute Gasteiger partial charge is 0.228 e. The van der Waals surface area contributed by atoms with Crippen LogP contribution in [0.5, 0.6) is 0 Å². The Labute approximate surface area is 91.3 Å². The molecule has 1 nitrogen and oxygen atoms in total. The molecule has 7 heavy (non-hydrogen) atoms. The van der Waals surface area contributed by atoms with Crippen molar-refractivity contribution in [2.24, 2.45) is 4.99 Å². The van der Waals surface area contributed by atoms with Gasteiger partial charge in [0.2, 0.25) is 0 Å². The second kappa shape index (κ2) is 10.2. The molecule has 0 heterocycles. The first-order valence-corrected chi connectivity index (χ1v) is 1.97. The Bertz CT molecular complexity index is 85.7. The van der Waals surface area contributed by atoms with Gasteiger partial charge in [0.15, 0.2) is 0 Å². The Balaban J connectivity index is 0. The zero-order chi connectivity index (χ0) is 4.83. The fraction of sp³-hybridized carbons (Fsp3) is 0.250. The summed E-state index contributed by atoms with van der Waals surface area (Å²) < 4.78 is 0. The molecule has 0 aliphatic heterocycles. The summed E-state index contributed by atoms with van der Waals surface area (Å²) in [5.41, 5.74) is 0. The Morgan fingerprint density at radius 2 is 2.43 bits per heavy atom. The molecule has 0 amide bonds. The van der Waals surface area contributed by atoms with E-state index < -0.39 is 0 Å². The number of rotatable bonds is 2. The molecule has 0 aliphatic rings. The second-order valence-corrected chi connectivity index (χ2v) is 0.903. The van der Waals surface area contributed by atoms with E-state index in [1.807, 2.05) is 0 Å². The second-order valence-electron chi connectivity index (χ2n) is 0.721. The van der Waals surface area contributed by atoms with Crippen LogP contribution < -0.4 is 51.4 Å². The van der Waals surface area contributed by atoms with E-state index in [0.29, 0.717) is 6.54 Å². The van der Waals surface area contributed by atoms with Crippen LogP contribution >= 0.6 is 12.2 Å². The molecule has 0 aromatic carbocycles. The predicted molar refractivity (Wildman–Crippen MR) is 30.1 cm³/mol. The molecule has 0 aromatic rings. The van der Waals surface area contributed by atoms with E-state index in [-0.39, 0.29) is 51.4 Å². The largest absolute Gasteiger partial charge is 1.00 e. The molecule has 0 saturated heterocycles. The molecule has 0 N–H and O–H groups in total. The van der Waals surface area contributed by atoms with E-state index in [1.54, 1.807) is 6.08 Å². The van der Waals surface area contributed by atoms with Gasteiger partial charge < -0.3 is 0 Å². The maximum Gasteiger partial charge on any atom is 1.00 e. The van der Waals surface area contributed by atoms with Crippen LogP contribution in [0.4, 0.5) is 0 Å². The van der Waals surface area contributed by atoms with E-state index in [2.05, 4.69) is 29.0 Å². The molecule has 0 unspecified atom stereocenters. The molecule has 0 fully saturated rings. The third-order valence-corrected chi connectivity index (χ3v) is 0.414. The molecule has 0 bridgehead atoms. The quantitative estimate of drug-likeness (QED) is 0.191. The van der Waals surface area contributed by atoms with Crippen LogP contribution in [0.2, 0.25) is 0 Å². The standard InChI is InChI=1S/C4H5NS.K/c1-2-3-5-4-6;/h2H,1,3H2;/q;+1. The van der Waals surface area contributed by atoms with E-state index in [9.17, 15) is 0 Å². The number of thiocarbonyl (C=S) groups is 1. The van der Waals surface area contributed by atoms with Gasteiger partial charge in [-0.3, -0.25) is 0 Å². The number of hydrogen-bond donors (Lipinski definition) is 0. The molecule has 32 valence electrons. The maximum absolute atomic E-state index is 4.25. The SMILES string of the molecule is C=CCN=C=S.[K+]. The first-order valence-electron chi connectivity index (χ1n) is 1.56. The van der Waals surface area contributed by atoms with Crippen molar-refractivity contribution in [2.75, 3.05) is 6.54 Å². The van der Waals surface area contributed by atoms with Crippen molar-refractivity contribution >= 4 is 17.4 Å². The Kier molecular flexibility index (Phi) is 16.1. The minimum atomic E-state index is 0. The zero-order valence-corrected chi connectivity index (χ0v) is 8.29. The average Bonchev–Trinajstić information content (AvgIpc) is 1.61. The topological polar surface area (TPSA) is 12.4 Å². The third-order valence-electron chi connectivity index (χ3n) is 0.285. The van der Waals surface area contributed by atoms with Crippen molar-refractivity contribution in [3.63, 3.8) is 0 Å². The van der Waals surface area contributed by atoms with Crippen LogP contribution in [0.1, 0.15) is 0 Å². The Hall–Kier alpha value is 1.18. The summed E-state index contributed by atoms with van der Waals surface area (Å²) >= 11 is 4.25. The van der Waals surface area contributed by atoms with Crippen molar-refractivity contribution in [3.05, 3.63) is 12.7 Å². The molecular weight excluding hydrogens is 133 g/mol. The van der Waals surface area contributed by atoms with Gasteiger partial charge in [-0.2, -0.15) is 0 Å². The van der Waals surface area contributed by atoms with Gasteiger partial charge in [-0.15, -0.1) is 6.58 Å². The van der Waals surface area contributed by atoms with Gasteiger partial charge in [0.25, 0.3) is 0 Å². The normalized spacial score (nSPS) is 5.14. The van der Waals surface area contributed by atoms with Crippen LogP contribution in [-0.2, 0) is 0 Å². The molecule has 0 spiro atoms. The minimum absolute atomic E-state index is 0. The molecule has 0 radical (unpaired) electrons. The number of isothiocyanates is 1. The molecule has 0 aromatic heterocycles. The van der Waals surface area contributed by atoms with E-state index in [4.69, 9.17) is 0 Å². The van der Waals surface area contributed by atoms with Crippen molar-refractivity contribution in [3.8, 4) is 0 Å². The van der Waals surface area contributed by atoms with Crippen molar-refractivity contribution in [1.29, 1.82) is 0 Å². The van der Waals surface area contributed by atoms with Gasteiger partial charge in [-0.25, -0.2) is 4.99 Å². The summed E-state index contributed by atoms with van der Waals surface area (Å²) in [4.78, 5) is 3.54. The summed E-state index contributed by atoms with van der Waals surface area (Å²) in [5, 5.41) is 2.21. The van der Waals surface area contributed by atoms with Crippen molar-refractivity contribution < 1.29 is 51.4 Å². The van der Waals surface area contributed by atoms with Crippen LogP contribution in [0.25, 0.3) is 0 Å². The first kappa shape index (κ1) is 11.0. The fourth-order valence-electron chi connectivity index (χ4n) is 0.102. The summed E-state index contributed by atoms with van der Waals surface area (Å²) in [6.45, 7) is 4.00. The maximum atomic E-state index is 4.25. The van der Waals surface area contributed by atoms with Gasteiger partial charge in [0.1, 0.15) is 0 Å². The van der Waals surface area contributed by atoms with E-state index in [0.717, 1.165) is 0 Å². The van der Waals surface area contributed by atoms with Crippen LogP contribution in [-0.4, -0.2) is 11.7 Å². The van der Waals surface area contributed by atoms with Crippen LogP contribution in [0.15, 0.2) is 17.6 Å². The van der Waals surface area contributed by atoms with Crippen molar-refractivity contribution in [1.82, 2.24) is 0 Å². The first-order chi connectivity index (χ1) is 2.91. The fourth-order valence-corrected chi connectivity index (χ4v) is 0.176. The van der Waals surface area contributed by atoms with Gasteiger partial charge in [0, 0.05) is 0 Å².